The summed E-state index contributed by atoms with van der Waals surface area (Å²) in [4.78, 5) is 12.9. The van der Waals surface area contributed by atoms with Crippen molar-refractivity contribution in [2.75, 3.05) is 20.2 Å². The molecule has 0 spiro atoms. The summed E-state index contributed by atoms with van der Waals surface area (Å²) in [5, 5.41) is 8.60. The predicted molar refractivity (Wildman–Crippen MR) is 52.2 cm³/mol. The van der Waals surface area contributed by atoms with E-state index in [4.69, 9.17) is 10.8 Å². The van der Waals surface area contributed by atoms with Crippen molar-refractivity contribution < 1.29 is 9.90 Å². The Bertz CT molecular complexity index is 160. The normalized spacial score (nSPS) is 13.1. The molecule has 0 heterocycles. The van der Waals surface area contributed by atoms with Crippen LogP contribution in [0.4, 0.5) is 0 Å². The predicted octanol–water partition coefficient (Wildman–Crippen LogP) is -0.189. The van der Waals surface area contributed by atoms with Gasteiger partial charge in [-0.25, -0.2) is 0 Å². The van der Waals surface area contributed by atoms with E-state index in [2.05, 4.69) is 0 Å². The number of rotatable bonds is 5. The molecule has 0 aliphatic heterocycles. The van der Waals surface area contributed by atoms with Crippen LogP contribution in [-0.2, 0) is 4.79 Å². The summed E-state index contributed by atoms with van der Waals surface area (Å²) in [5.74, 6) is 0.307. The van der Waals surface area contributed by atoms with Crippen LogP contribution in [0.3, 0.4) is 0 Å². The topological polar surface area (TPSA) is 66.6 Å². The number of likely N-dealkylation sites (N-methyl/N-ethyl adjacent to an activating group) is 1. The van der Waals surface area contributed by atoms with Crippen molar-refractivity contribution in [3.05, 3.63) is 0 Å². The molecule has 0 saturated heterocycles. The van der Waals surface area contributed by atoms with Crippen LogP contribution in [-0.4, -0.2) is 42.2 Å². The van der Waals surface area contributed by atoms with Crippen molar-refractivity contribution in [1.29, 1.82) is 0 Å². The van der Waals surface area contributed by atoms with Gasteiger partial charge in [0, 0.05) is 26.1 Å². The molecule has 3 N–H and O–H groups in total. The molecule has 0 aliphatic carbocycles. The summed E-state index contributed by atoms with van der Waals surface area (Å²) >= 11 is 0. The van der Waals surface area contributed by atoms with Crippen molar-refractivity contribution >= 4 is 5.91 Å². The Kier molecular flexibility index (Phi) is 5.66. The first-order valence-corrected chi connectivity index (χ1v) is 4.59. The van der Waals surface area contributed by atoms with Crippen molar-refractivity contribution in [1.82, 2.24) is 4.90 Å². The van der Waals surface area contributed by atoms with E-state index in [9.17, 15) is 4.79 Å². The number of aliphatic hydroxyl groups is 1. The Balaban J connectivity index is 3.85. The van der Waals surface area contributed by atoms with Crippen LogP contribution in [0.2, 0.25) is 0 Å². The first-order chi connectivity index (χ1) is 5.99. The minimum absolute atomic E-state index is 0.000837. The zero-order valence-electron chi connectivity index (χ0n) is 8.66. The monoisotopic (exact) mass is 188 g/mol. The number of nitrogens with two attached hydrogens (primary N) is 1. The maximum Gasteiger partial charge on any atom is 0.223 e. The zero-order valence-corrected chi connectivity index (χ0v) is 8.66. The average Bonchev–Trinajstić information content (AvgIpc) is 2.04. The molecule has 1 amide bonds. The van der Waals surface area contributed by atoms with E-state index in [0.717, 1.165) is 0 Å². The van der Waals surface area contributed by atoms with Gasteiger partial charge in [0.2, 0.25) is 5.91 Å². The van der Waals surface area contributed by atoms with Gasteiger partial charge in [0.25, 0.3) is 0 Å². The van der Waals surface area contributed by atoms with Gasteiger partial charge in [0.1, 0.15) is 0 Å². The summed E-state index contributed by atoms with van der Waals surface area (Å²) in [6.45, 7) is 4.36. The Morgan fingerprint density at radius 2 is 2.08 bits per heavy atom. The Morgan fingerprint density at radius 1 is 1.54 bits per heavy atom. The number of hydrogen-bond donors (Lipinski definition) is 2. The highest BCUT2D eigenvalue weighted by Gasteiger charge is 2.15. The molecule has 0 bridgehead atoms. The lowest BCUT2D eigenvalue weighted by molar-refractivity contribution is -0.130. The van der Waals surface area contributed by atoms with Gasteiger partial charge in [0.15, 0.2) is 0 Å². The smallest absolute Gasteiger partial charge is 0.223 e. The van der Waals surface area contributed by atoms with E-state index in [-0.39, 0.29) is 18.6 Å². The van der Waals surface area contributed by atoms with Crippen molar-refractivity contribution in [3.8, 4) is 0 Å². The number of aliphatic hydroxyl groups excluding tert-OH is 1. The van der Waals surface area contributed by atoms with Gasteiger partial charge >= 0.3 is 0 Å². The zero-order chi connectivity index (χ0) is 10.4. The van der Waals surface area contributed by atoms with Crippen LogP contribution in [0, 0.1) is 5.92 Å². The first kappa shape index (κ1) is 12.4. The van der Waals surface area contributed by atoms with E-state index >= 15 is 0 Å². The lowest BCUT2D eigenvalue weighted by atomic mass is 10.0. The van der Waals surface area contributed by atoms with Gasteiger partial charge in [0.05, 0.1) is 6.61 Å². The van der Waals surface area contributed by atoms with Crippen molar-refractivity contribution in [2.24, 2.45) is 11.7 Å². The van der Waals surface area contributed by atoms with E-state index in [1.807, 2.05) is 13.8 Å². The molecule has 0 aromatic rings. The average molecular weight is 188 g/mol. The molecule has 0 radical (unpaired) electrons. The molecule has 0 aromatic carbocycles. The molecule has 1 unspecified atom stereocenters. The molecule has 0 aliphatic rings. The maximum atomic E-state index is 11.4. The van der Waals surface area contributed by atoms with Gasteiger partial charge in [-0.05, 0) is 5.92 Å². The number of carbonyl (C=O) groups is 1. The Hall–Kier alpha value is -0.610. The van der Waals surface area contributed by atoms with E-state index in [1.54, 1.807) is 7.05 Å². The van der Waals surface area contributed by atoms with E-state index < -0.39 is 0 Å². The highest BCUT2D eigenvalue weighted by Crippen LogP contribution is 2.04. The van der Waals surface area contributed by atoms with E-state index in [0.29, 0.717) is 18.9 Å². The highest BCUT2D eigenvalue weighted by atomic mass is 16.3. The third-order valence-corrected chi connectivity index (χ3v) is 2.13. The lowest BCUT2D eigenvalue weighted by Crippen LogP contribution is -2.37. The second-order valence-electron chi connectivity index (χ2n) is 3.65. The van der Waals surface area contributed by atoms with Gasteiger partial charge in [-0.2, -0.15) is 0 Å². The molecule has 4 nitrogen and oxygen atoms in total. The number of amides is 1. The molecule has 13 heavy (non-hydrogen) atoms. The molecule has 0 rings (SSSR count). The minimum Gasteiger partial charge on any atom is -0.395 e. The van der Waals surface area contributed by atoms with E-state index in [1.165, 1.54) is 4.90 Å². The van der Waals surface area contributed by atoms with Gasteiger partial charge in [-0.15, -0.1) is 0 Å². The number of nitrogens with zero attached hydrogens (tertiary/aromatic N) is 1. The van der Waals surface area contributed by atoms with Crippen molar-refractivity contribution in [2.45, 2.75) is 26.3 Å². The summed E-state index contributed by atoms with van der Waals surface area (Å²) in [7, 11) is 1.67. The fourth-order valence-corrected chi connectivity index (χ4v) is 0.868. The molecule has 78 valence electrons. The minimum atomic E-state index is -0.0892. The summed E-state index contributed by atoms with van der Waals surface area (Å²) in [6.07, 6.45) is 0.355. The molecular formula is C9H20N2O2. The molecule has 0 saturated carbocycles. The largest absolute Gasteiger partial charge is 0.395 e. The number of hydrogen-bond acceptors (Lipinski definition) is 3. The van der Waals surface area contributed by atoms with Gasteiger partial charge < -0.3 is 15.7 Å². The lowest BCUT2D eigenvalue weighted by Gasteiger charge is -2.20. The third-order valence-electron chi connectivity index (χ3n) is 2.13. The Morgan fingerprint density at radius 3 is 2.46 bits per heavy atom. The van der Waals surface area contributed by atoms with Crippen LogP contribution >= 0.6 is 0 Å². The van der Waals surface area contributed by atoms with Crippen molar-refractivity contribution in [3.63, 3.8) is 0 Å². The fraction of sp³-hybridized carbons (Fsp3) is 0.889. The quantitative estimate of drug-likeness (QED) is 0.628. The van der Waals surface area contributed by atoms with Crippen LogP contribution < -0.4 is 5.73 Å². The Labute approximate surface area is 79.7 Å². The standard InChI is InChI=1S/C9H20N2O2/c1-7(2)8(10)6-9(13)11(3)4-5-12/h7-8,12H,4-6,10H2,1-3H3. The molecule has 0 fully saturated rings. The molecule has 0 aromatic heterocycles. The fourth-order valence-electron chi connectivity index (χ4n) is 0.868. The third kappa shape index (κ3) is 4.85. The first-order valence-electron chi connectivity index (χ1n) is 4.59. The van der Waals surface area contributed by atoms with Gasteiger partial charge in [-0.3, -0.25) is 4.79 Å². The molecule has 1 atom stereocenters. The molecule has 4 heteroatoms. The highest BCUT2D eigenvalue weighted by molar-refractivity contribution is 5.76. The van der Waals surface area contributed by atoms with Crippen LogP contribution in [0.25, 0.3) is 0 Å². The summed E-state index contributed by atoms with van der Waals surface area (Å²) in [6, 6.07) is -0.0892. The second kappa shape index (κ2) is 5.94. The van der Waals surface area contributed by atoms with Crippen LogP contribution in [0.5, 0.6) is 0 Å². The second-order valence-corrected chi connectivity index (χ2v) is 3.65. The summed E-state index contributed by atoms with van der Waals surface area (Å²) in [5.41, 5.74) is 5.74. The summed E-state index contributed by atoms with van der Waals surface area (Å²) < 4.78 is 0. The molecular weight excluding hydrogens is 168 g/mol. The van der Waals surface area contributed by atoms with Gasteiger partial charge in [-0.1, -0.05) is 13.8 Å². The maximum absolute atomic E-state index is 11.4. The SMILES string of the molecule is CC(C)C(N)CC(=O)N(C)CCO. The van der Waals surface area contributed by atoms with Crippen LogP contribution in [0.15, 0.2) is 0 Å². The van der Waals surface area contributed by atoms with Crippen LogP contribution in [0.1, 0.15) is 20.3 Å². The number of carbonyl (C=O) groups excluding carboxylic acids is 1.